The van der Waals surface area contributed by atoms with Crippen LogP contribution in [-0.4, -0.2) is 13.2 Å². The number of ether oxygens (including phenoxy) is 2. The van der Waals surface area contributed by atoms with Crippen LogP contribution < -0.4 is 9.47 Å². The summed E-state index contributed by atoms with van der Waals surface area (Å²) in [5, 5.41) is 0. The first kappa shape index (κ1) is 25.7. The molecule has 2 aromatic rings. The second kappa shape index (κ2) is 12.6. The molecule has 2 aromatic carbocycles. The van der Waals surface area contributed by atoms with E-state index in [0.29, 0.717) is 18.1 Å². The molecule has 0 radical (unpaired) electrons. The molecule has 4 rings (SSSR count). The van der Waals surface area contributed by atoms with E-state index in [1.165, 1.54) is 57.4 Å². The summed E-state index contributed by atoms with van der Waals surface area (Å²) in [7, 11) is 0. The first-order chi connectivity index (χ1) is 17.1. The van der Waals surface area contributed by atoms with Gasteiger partial charge in [0, 0.05) is 5.56 Å². The SMILES string of the molecule is C=CC1CCC(C2CCC(COc3ccc(-c4ccc(OCCCC)c(F)c4F)cc3)CC2)CC1. The molecule has 2 aliphatic carbocycles. The summed E-state index contributed by atoms with van der Waals surface area (Å²) in [5.41, 5.74) is 0.859. The second-order valence-electron chi connectivity index (χ2n) is 10.5. The van der Waals surface area contributed by atoms with E-state index in [-0.39, 0.29) is 11.3 Å². The Bertz CT molecular complexity index is 939. The van der Waals surface area contributed by atoms with Gasteiger partial charge < -0.3 is 9.47 Å². The van der Waals surface area contributed by atoms with E-state index in [1.54, 1.807) is 18.2 Å². The van der Waals surface area contributed by atoms with Gasteiger partial charge in [0.2, 0.25) is 5.82 Å². The maximum atomic E-state index is 14.7. The van der Waals surface area contributed by atoms with Crippen molar-refractivity contribution in [2.45, 2.75) is 71.1 Å². The van der Waals surface area contributed by atoms with Gasteiger partial charge in [-0.25, -0.2) is 4.39 Å². The van der Waals surface area contributed by atoms with Gasteiger partial charge in [0.05, 0.1) is 13.2 Å². The number of benzene rings is 2. The summed E-state index contributed by atoms with van der Waals surface area (Å²) in [6, 6.07) is 10.4. The molecule has 0 aromatic heterocycles. The molecule has 0 N–H and O–H groups in total. The van der Waals surface area contributed by atoms with Gasteiger partial charge in [0.15, 0.2) is 11.6 Å². The van der Waals surface area contributed by atoms with Crippen molar-refractivity contribution < 1.29 is 18.3 Å². The lowest BCUT2D eigenvalue weighted by atomic mass is 9.69. The highest BCUT2D eigenvalue weighted by Gasteiger charge is 2.30. The largest absolute Gasteiger partial charge is 0.493 e. The molecule has 0 heterocycles. The highest BCUT2D eigenvalue weighted by atomic mass is 19.2. The zero-order chi connectivity index (χ0) is 24.6. The lowest BCUT2D eigenvalue weighted by Gasteiger charge is -2.37. The lowest BCUT2D eigenvalue weighted by molar-refractivity contribution is 0.129. The first-order valence-electron chi connectivity index (χ1n) is 13.6. The van der Waals surface area contributed by atoms with Crippen LogP contribution in [0.1, 0.15) is 71.1 Å². The average Bonchev–Trinajstić information content (AvgIpc) is 2.91. The van der Waals surface area contributed by atoms with Gasteiger partial charge >= 0.3 is 0 Å². The standard InChI is InChI=1S/C31H40F2O2/c1-3-5-20-34-29-19-18-28(30(32)31(29)33)26-14-16-27(17-15-26)35-21-23-8-12-25(13-9-23)24-10-6-22(4-2)7-11-24/h4,14-19,22-25H,2-3,5-13,20-21H2,1H3. The molecule has 190 valence electrons. The van der Waals surface area contributed by atoms with E-state index < -0.39 is 11.6 Å². The molecule has 0 atom stereocenters. The first-order valence-corrected chi connectivity index (χ1v) is 13.6. The Morgan fingerprint density at radius 1 is 0.829 bits per heavy atom. The molecule has 0 saturated heterocycles. The number of unbranched alkanes of at least 4 members (excludes halogenated alkanes) is 1. The summed E-state index contributed by atoms with van der Waals surface area (Å²) in [6.07, 6.45) is 14.4. The second-order valence-corrected chi connectivity index (χ2v) is 10.5. The third-order valence-corrected chi connectivity index (χ3v) is 8.16. The van der Waals surface area contributed by atoms with Crippen LogP contribution in [0.2, 0.25) is 0 Å². The van der Waals surface area contributed by atoms with Crippen LogP contribution in [0.4, 0.5) is 8.78 Å². The highest BCUT2D eigenvalue weighted by molar-refractivity contribution is 5.66. The smallest absolute Gasteiger partial charge is 0.201 e. The van der Waals surface area contributed by atoms with Gasteiger partial charge in [-0.1, -0.05) is 31.6 Å². The Labute approximate surface area is 209 Å². The molecule has 35 heavy (non-hydrogen) atoms. The van der Waals surface area contributed by atoms with Crippen molar-refractivity contribution in [2.75, 3.05) is 13.2 Å². The molecular weight excluding hydrogens is 442 g/mol. The molecule has 2 saturated carbocycles. The summed E-state index contributed by atoms with van der Waals surface area (Å²) in [4.78, 5) is 0. The summed E-state index contributed by atoms with van der Waals surface area (Å²) >= 11 is 0. The molecule has 0 bridgehead atoms. The lowest BCUT2D eigenvalue weighted by Crippen LogP contribution is -2.27. The predicted octanol–water partition coefficient (Wildman–Crippen LogP) is 8.99. The fourth-order valence-electron chi connectivity index (χ4n) is 5.82. The van der Waals surface area contributed by atoms with Gasteiger partial charge in [-0.15, -0.1) is 6.58 Å². The molecule has 2 nitrogen and oxygen atoms in total. The molecule has 0 aliphatic heterocycles. The topological polar surface area (TPSA) is 18.5 Å². The number of hydrogen-bond acceptors (Lipinski definition) is 2. The number of hydrogen-bond donors (Lipinski definition) is 0. The van der Waals surface area contributed by atoms with Gasteiger partial charge in [0.1, 0.15) is 5.75 Å². The molecule has 0 amide bonds. The summed E-state index contributed by atoms with van der Waals surface area (Å²) < 4.78 is 40.5. The van der Waals surface area contributed by atoms with E-state index in [2.05, 4.69) is 12.7 Å². The van der Waals surface area contributed by atoms with Crippen LogP contribution in [-0.2, 0) is 0 Å². The Morgan fingerprint density at radius 2 is 1.49 bits per heavy atom. The van der Waals surface area contributed by atoms with Crippen molar-refractivity contribution in [1.82, 2.24) is 0 Å². The van der Waals surface area contributed by atoms with E-state index in [9.17, 15) is 8.78 Å². The maximum Gasteiger partial charge on any atom is 0.201 e. The minimum Gasteiger partial charge on any atom is -0.493 e. The Kier molecular flexibility index (Phi) is 9.23. The van der Waals surface area contributed by atoms with E-state index >= 15 is 0 Å². The fraction of sp³-hybridized carbons (Fsp3) is 0.548. The van der Waals surface area contributed by atoms with Crippen LogP contribution in [0, 0.1) is 35.3 Å². The number of rotatable bonds is 10. The zero-order valence-corrected chi connectivity index (χ0v) is 21.1. The van der Waals surface area contributed by atoms with E-state index in [1.807, 2.05) is 19.1 Å². The molecule has 2 aliphatic rings. The maximum absolute atomic E-state index is 14.7. The van der Waals surface area contributed by atoms with E-state index in [0.717, 1.165) is 43.0 Å². The number of allylic oxidation sites excluding steroid dienone is 1. The van der Waals surface area contributed by atoms with Gasteiger partial charge in [-0.05, 0) is 111 Å². The van der Waals surface area contributed by atoms with Crippen LogP contribution >= 0.6 is 0 Å². The average molecular weight is 483 g/mol. The van der Waals surface area contributed by atoms with Crippen molar-refractivity contribution in [2.24, 2.45) is 23.7 Å². The van der Waals surface area contributed by atoms with Crippen LogP contribution in [0.5, 0.6) is 11.5 Å². The quantitative estimate of drug-likeness (QED) is 0.248. The van der Waals surface area contributed by atoms with Gasteiger partial charge in [-0.3, -0.25) is 0 Å². The molecule has 0 spiro atoms. The minimum atomic E-state index is -0.928. The Morgan fingerprint density at radius 3 is 2.11 bits per heavy atom. The van der Waals surface area contributed by atoms with Crippen molar-refractivity contribution in [3.05, 3.63) is 60.7 Å². The molecule has 0 unspecified atom stereocenters. The van der Waals surface area contributed by atoms with Crippen molar-refractivity contribution in [3.8, 4) is 22.6 Å². The summed E-state index contributed by atoms with van der Waals surface area (Å²) in [5.74, 6) is 2.07. The summed E-state index contributed by atoms with van der Waals surface area (Å²) in [6.45, 7) is 7.10. The Balaban J connectivity index is 1.25. The Hall–Kier alpha value is -2.36. The fourth-order valence-corrected chi connectivity index (χ4v) is 5.82. The van der Waals surface area contributed by atoms with Crippen molar-refractivity contribution in [1.29, 1.82) is 0 Å². The highest BCUT2D eigenvalue weighted by Crippen LogP contribution is 2.41. The van der Waals surface area contributed by atoms with Gasteiger partial charge in [-0.2, -0.15) is 4.39 Å². The monoisotopic (exact) mass is 482 g/mol. The van der Waals surface area contributed by atoms with Gasteiger partial charge in [0.25, 0.3) is 0 Å². The van der Waals surface area contributed by atoms with Crippen molar-refractivity contribution >= 4 is 0 Å². The molecular formula is C31H40F2O2. The van der Waals surface area contributed by atoms with Crippen LogP contribution in [0.25, 0.3) is 11.1 Å². The predicted molar refractivity (Wildman–Crippen MR) is 139 cm³/mol. The third kappa shape index (κ3) is 6.65. The number of halogens is 2. The molecule has 2 fully saturated rings. The van der Waals surface area contributed by atoms with Crippen molar-refractivity contribution in [3.63, 3.8) is 0 Å². The minimum absolute atomic E-state index is 0.0289. The van der Waals surface area contributed by atoms with Crippen LogP contribution in [0.15, 0.2) is 49.1 Å². The van der Waals surface area contributed by atoms with E-state index in [4.69, 9.17) is 9.47 Å². The normalized spacial score (nSPS) is 24.7. The van der Waals surface area contributed by atoms with Crippen LogP contribution in [0.3, 0.4) is 0 Å². The third-order valence-electron chi connectivity index (χ3n) is 8.16. The zero-order valence-electron chi connectivity index (χ0n) is 21.1. The molecule has 4 heteroatoms.